The Morgan fingerprint density at radius 3 is 2.67 bits per heavy atom. The third kappa shape index (κ3) is 4.71. The molecule has 3 N–H and O–H groups in total. The lowest BCUT2D eigenvalue weighted by atomic mass is 10.2. The summed E-state index contributed by atoms with van der Waals surface area (Å²) in [5.41, 5.74) is -0.413. The summed E-state index contributed by atoms with van der Waals surface area (Å²) in [7, 11) is 0. The average molecular weight is 420 g/mol. The van der Waals surface area contributed by atoms with Crippen LogP contribution in [0.1, 0.15) is 20.3 Å². The molecule has 1 unspecified atom stereocenters. The number of nitrogens with one attached hydrogen (secondary N) is 1. The molecule has 3 aromatic rings. The average Bonchev–Trinajstić information content (AvgIpc) is 2.71. The summed E-state index contributed by atoms with van der Waals surface area (Å²) in [4.78, 5) is 21.5. The molecular formula is C20H22F2N4O4. The smallest absolute Gasteiger partial charge is 0.295 e. The van der Waals surface area contributed by atoms with Crippen LogP contribution in [-0.2, 0) is 6.54 Å². The highest BCUT2D eigenvalue weighted by atomic mass is 19.1. The molecule has 0 radical (unpaired) electrons. The number of fused-ring (bicyclic) bond motifs is 1. The Hall–Kier alpha value is -3.11. The molecule has 0 aliphatic carbocycles. The molecule has 0 saturated carbocycles. The fourth-order valence-corrected chi connectivity index (χ4v) is 2.84. The Morgan fingerprint density at radius 1 is 1.27 bits per heavy atom. The molecule has 10 heteroatoms. The first kappa shape index (κ1) is 21.6. The summed E-state index contributed by atoms with van der Waals surface area (Å²) in [6, 6.07) is 3.84. The van der Waals surface area contributed by atoms with Crippen LogP contribution >= 0.6 is 0 Å². The van der Waals surface area contributed by atoms with E-state index in [-0.39, 0.29) is 42.3 Å². The Kier molecular flexibility index (Phi) is 6.58. The number of rotatable bonds is 8. The molecule has 0 bridgehead atoms. The molecule has 3 rings (SSSR count). The van der Waals surface area contributed by atoms with Gasteiger partial charge in [-0.1, -0.05) is 6.92 Å². The van der Waals surface area contributed by atoms with Gasteiger partial charge in [-0.25, -0.2) is 13.8 Å². The van der Waals surface area contributed by atoms with E-state index < -0.39 is 23.3 Å². The number of aromatic nitrogens is 3. The number of benzene rings is 1. The second-order valence-corrected chi connectivity index (χ2v) is 6.85. The number of halogens is 2. The number of aliphatic hydroxyl groups excluding tert-OH is 2. The van der Waals surface area contributed by atoms with Gasteiger partial charge in [0.25, 0.3) is 5.56 Å². The zero-order chi connectivity index (χ0) is 21.8. The van der Waals surface area contributed by atoms with Gasteiger partial charge in [-0.15, -0.1) is 0 Å². The minimum Gasteiger partial charge on any atom is -0.448 e. The van der Waals surface area contributed by atoms with Crippen molar-refractivity contribution < 1.29 is 23.7 Å². The summed E-state index contributed by atoms with van der Waals surface area (Å²) in [6.07, 6.45) is 1.20. The molecule has 0 spiro atoms. The molecule has 0 saturated heterocycles. The molecule has 2 atom stereocenters. The van der Waals surface area contributed by atoms with Crippen LogP contribution in [0.3, 0.4) is 0 Å². The van der Waals surface area contributed by atoms with Crippen LogP contribution in [0, 0.1) is 11.6 Å². The molecule has 2 heterocycles. The van der Waals surface area contributed by atoms with Gasteiger partial charge in [0.2, 0.25) is 5.95 Å². The lowest BCUT2D eigenvalue weighted by molar-refractivity contribution is 0.173. The highest BCUT2D eigenvalue weighted by Crippen LogP contribution is 2.25. The van der Waals surface area contributed by atoms with Crippen LogP contribution < -0.4 is 15.6 Å². The molecule has 0 aliphatic heterocycles. The number of hydrogen-bond donors (Lipinski definition) is 3. The van der Waals surface area contributed by atoms with E-state index in [0.717, 1.165) is 12.1 Å². The lowest BCUT2D eigenvalue weighted by Gasteiger charge is -2.17. The first-order valence-electron chi connectivity index (χ1n) is 9.41. The van der Waals surface area contributed by atoms with E-state index in [2.05, 4.69) is 15.3 Å². The Balaban J connectivity index is 2.09. The van der Waals surface area contributed by atoms with Gasteiger partial charge >= 0.3 is 0 Å². The second-order valence-electron chi connectivity index (χ2n) is 6.85. The van der Waals surface area contributed by atoms with Crippen molar-refractivity contribution in [2.75, 3.05) is 11.9 Å². The van der Waals surface area contributed by atoms with Gasteiger partial charge in [0.05, 0.1) is 25.3 Å². The molecule has 1 aromatic carbocycles. The van der Waals surface area contributed by atoms with Crippen molar-refractivity contribution in [3.63, 3.8) is 0 Å². The Morgan fingerprint density at radius 2 is 2.03 bits per heavy atom. The van der Waals surface area contributed by atoms with Crippen LogP contribution in [-0.4, -0.2) is 43.5 Å². The molecular weight excluding hydrogens is 398 g/mol. The van der Waals surface area contributed by atoms with Crippen molar-refractivity contribution in [2.24, 2.45) is 0 Å². The standard InChI is InChI=1S/C20H22F2N4O4/c1-3-14(10-27)24-20-23-8-12-6-17(30-16-5-4-13(21)7-15(16)22)19(29)26(9-11(2)28)18(12)25-20/h4-8,11,14,27-28H,3,9-10H2,1-2H3,(H,23,24,25)/t11?,14-/m1/s1. The number of ether oxygens (including phenoxy) is 1. The molecule has 0 fully saturated rings. The van der Waals surface area contributed by atoms with E-state index in [1.807, 2.05) is 6.92 Å². The highest BCUT2D eigenvalue weighted by molar-refractivity contribution is 5.77. The van der Waals surface area contributed by atoms with E-state index in [9.17, 15) is 23.8 Å². The van der Waals surface area contributed by atoms with Crippen LogP contribution in [0.25, 0.3) is 11.0 Å². The van der Waals surface area contributed by atoms with Crippen molar-refractivity contribution in [3.8, 4) is 11.5 Å². The fourth-order valence-electron chi connectivity index (χ4n) is 2.84. The SMILES string of the molecule is CC[C@H](CO)Nc1ncc2cc(Oc3ccc(F)cc3F)c(=O)n(CC(C)O)c2n1. The molecule has 0 amide bonds. The number of nitrogens with zero attached hydrogens (tertiary/aromatic N) is 3. The molecule has 30 heavy (non-hydrogen) atoms. The Labute approximate surface area is 170 Å². The predicted molar refractivity (Wildman–Crippen MR) is 107 cm³/mol. The van der Waals surface area contributed by atoms with Gasteiger partial charge < -0.3 is 20.3 Å². The van der Waals surface area contributed by atoms with Gasteiger partial charge in [-0.3, -0.25) is 9.36 Å². The number of aliphatic hydroxyl groups is 2. The van der Waals surface area contributed by atoms with Gasteiger partial charge in [0.1, 0.15) is 11.5 Å². The van der Waals surface area contributed by atoms with E-state index >= 15 is 0 Å². The van der Waals surface area contributed by atoms with Crippen molar-refractivity contribution in [2.45, 2.75) is 39.0 Å². The van der Waals surface area contributed by atoms with Gasteiger partial charge in [-0.05, 0) is 31.5 Å². The van der Waals surface area contributed by atoms with E-state index in [4.69, 9.17) is 4.74 Å². The van der Waals surface area contributed by atoms with Gasteiger partial charge in [-0.2, -0.15) is 4.98 Å². The summed E-state index contributed by atoms with van der Waals surface area (Å²) in [5, 5.41) is 22.6. The minimum atomic E-state index is -0.956. The fraction of sp³-hybridized carbons (Fsp3) is 0.350. The second kappa shape index (κ2) is 9.14. The van der Waals surface area contributed by atoms with Crippen molar-refractivity contribution >= 4 is 17.0 Å². The summed E-state index contributed by atoms with van der Waals surface area (Å²) in [5.74, 6) is -2.06. The van der Waals surface area contributed by atoms with Crippen LogP contribution in [0.4, 0.5) is 14.7 Å². The topological polar surface area (TPSA) is 110 Å². The first-order valence-corrected chi connectivity index (χ1v) is 9.41. The quantitative estimate of drug-likeness (QED) is 0.513. The van der Waals surface area contributed by atoms with Crippen LogP contribution in [0.2, 0.25) is 0 Å². The highest BCUT2D eigenvalue weighted by Gasteiger charge is 2.17. The zero-order valence-corrected chi connectivity index (χ0v) is 16.5. The number of hydrogen-bond acceptors (Lipinski definition) is 7. The van der Waals surface area contributed by atoms with Crippen LogP contribution in [0.15, 0.2) is 35.3 Å². The predicted octanol–water partition coefficient (Wildman–Crippen LogP) is 2.43. The lowest BCUT2D eigenvalue weighted by Crippen LogP contribution is -2.28. The van der Waals surface area contributed by atoms with E-state index in [1.165, 1.54) is 23.8 Å². The molecule has 2 aromatic heterocycles. The maximum absolute atomic E-state index is 14.0. The number of anilines is 1. The Bertz CT molecular complexity index is 1100. The van der Waals surface area contributed by atoms with Gasteiger partial charge in [0.15, 0.2) is 17.3 Å². The summed E-state index contributed by atoms with van der Waals surface area (Å²) in [6.45, 7) is 3.18. The third-order valence-electron chi connectivity index (χ3n) is 4.40. The zero-order valence-electron chi connectivity index (χ0n) is 16.5. The normalized spacial score (nSPS) is 13.3. The van der Waals surface area contributed by atoms with E-state index in [1.54, 1.807) is 0 Å². The molecule has 160 valence electrons. The minimum absolute atomic E-state index is 0.0912. The maximum Gasteiger partial charge on any atom is 0.295 e. The first-order chi connectivity index (χ1) is 14.3. The monoisotopic (exact) mass is 420 g/mol. The van der Waals surface area contributed by atoms with E-state index in [0.29, 0.717) is 17.9 Å². The van der Waals surface area contributed by atoms with Gasteiger partial charge in [0, 0.05) is 17.6 Å². The molecule has 8 nitrogen and oxygen atoms in total. The maximum atomic E-state index is 14.0. The summed E-state index contributed by atoms with van der Waals surface area (Å²) < 4.78 is 33.7. The third-order valence-corrected chi connectivity index (χ3v) is 4.40. The van der Waals surface area contributed by atoms with Crippen LogP contribution in [0.5, 0.6) is 11.5 Å². The van der Waals surface area contributed by atoms with Crippen molar-refractivity contribution in [1.82, 2.24) is 14.5 Å². The number of pyridine rings is 1. The summed E-state index contributed by atoms with van der Waals surface area (Å²) >= 11 is 0. The largest absolute Gasteiger partial charge is 0.448 e. The van der Waals surface area contributed by atoms with Crippen molar-refractivity contribution in [3.05, 3.63) is 52.5 Å². The molecule has 0 aliphatic rings. The van der Waals surface area contributed by atoms with Crippen molar-refractivity contribution in [1.29, 1.82) is 0 Å².